The number of fused-ring (bicyclic) bond motifs is 3. The Labute approximate surface area is 244 Å². The minimum atomic E-state index is 0.859. The molecule has 4 nitrogen and oxygen atoms in total. The molecule has 6 aromatic carbocycles. The molecule has 0 N–H and O–H groups in total. The van der Waals surface area contributed by atoms with E-state index in [0.29, 0.717) is 0 Å². The third kappa shape index (κ3) is 3.93. The van der Waals surface area contributed by atoms with Crippen LogP contribution in [0, 0.1) is 0 Å². The van der Waals surface area contributed by atoms with Gasteiger partial charge in [-0.2, -0.15) is 0 Å². The van der Waals surface area contributed by atoms with Crippen LogP contribution >= 0.6 is 0 Å². The molecule has 42 heavy (non-hydrogen) atoms. The van der Waals surface area contributed by atoms with Crippen molar-refractivity contribution in [3.63, 3.8) is 0 Å². The average molecular weight is 539 g/mol. The lowest BCUT2D eigenvalue weighted by molar-refractivity contribution is 1.33. The number of aliphatic imine (C=N–C) groups is 2. The van der Waals surface area contributed by atoms with E-state index in [-0.39, 0.29) is 0 Å². The molecule has 198 valence electrons. The molecule has 0 bridgehead atoms. The van der Waals surface area contributed by atoms with E-state index < -0.39 is 0 Å². The van der Waals surface area contributed by atoms with Crippen molar-refractivity contribution in [3.05, 3.63) is 169 Å². The first-order valence-corrected chi connectivity index (χ1v) is 14.1. The largest absolute Gasteiger partial charge is 0.294 e. The minimum absolute atomic E-state index is 0.859. The SMILES string of the molecule is C1=C2C(=CN=C2N(c2ccccc2)c2cccc3ccccc23)C(N(c2ccccc2)c2cccc3ccccc23)=N1. The Kier molecular flexibility index (Phi) is 5.75. The number of anilines is 4. The predicted octanol–water partition coefficient (Wildman–Crippen LogP) is 9.56. The van der Waals surface area contributed by atoms with E-state index in [0.717, 1.165) is 45.6 Å². The quantitative estimate of drug-likeness (QED) is 0.224. The molecule has 2 aliphatic heterocycles. The van der Waals surface area contributed by atoms with E-state index in [1.54, 1.807) is 0 Å². The molecule has 6 aromatic rings. The van der Waals surface area contributed by atoms with Gasteiger partial charge in [0.2, 0.25) is 0 Å². The Morgan fingerprint density at radius 3 is 1.19 bits per heavy atom. The van der Waals surface area contributed by atoms with E-state index in [1.165, 1.54) is 21.5 Å². The Hall–Kier alpha value is -5.74. The second-order valence-electron chi connectivity index (χ2n) is 10.3. The summed E-state index contributed by atoms with van der Waals surface area (Å²) in [4.78, 5) is 14.6. The lowest BCUT2D eigenvalue weighted by Crippen LogP contribution is -2.30. The number of hydrogen-bond donors (Lipinski definition) is 0. The molecule has 2 aliphatic rings. The highest BCUT2D eigenvalue weighted by Crippen LogP contribution is 2.41. The van der Waals surface area contributed by atoms with Gasteiger partial charge in [0.25, 0.3) is 0 Å². The predicted molar refractivity (Wildman–Crippen MR) is 176 cm³/mol. The average Bonchev–Trinajstić information content (AvgIpc) is 3.66. The van der Waals surface area contributed by atoms with Gasteiger partial charge in [0.15, 0.2) is 0 Å². The molecule has 0 atom stereocenters. The first-order chi connectivity index (χ1) is 20.9. The van der Waals surface area contributed by atoms with Crippen molar-refractivity contribution in [2.45, 2.75) is 0 Å². The van der Waals surface area contributed by atoms with Crippen molar-refractivity contribution < 1.29 is 0 Å². The monoisotopic (exact) mass is 538 g/mol. The summed E-state index contributed by atoms with van der Waals surface area (Å²) in [6.07, 6.45) is 3.93. The van der Waals surface area contributed by atoms with E-state index in [9.17, 15) is 0 Å². The summed E-state index contributed by atoms with van der Waals surface area (Å²) in [7, 11) is 0. The molecule has 0 amide bonds. The van der Waals surface area contributed by atoms with Crippen molar-refractivity contribution in [2.75, 3.05) is 9.80 Å². The van der Waals surface area contributed by atoms with Gasteiger partial charge in [-0.3, -0.25) is 9.80 Å². The van der Waals surface area contributed by atoms with Crippen LogP contribution in [0.1, 0.15) is 0 Å². The third-order valence-corrected chi connectivity index (χ3v) is 7.87. The van der Waals surface area contributed by atoms with Crippen LogP contribution in [0.15, 0.2) is 179 Å². The number of para-hydroxylation sites is 2. The van der Waals surface area contributed by atoms with Gasteiger partial charge in [0.1, 0.15) is 11.7 Å². The Bertz CT molecular complexity index is 1930. The van der Waals surface area contributed by atoms with E-state index in [1.807, 2.05) is 24.5 Å². The number of nitrogens with zero attached hydrogens (tertiary/aromatic N) is 4. The van der Waals surface area contributed by atoms with Crippen LogP contribution in [0.5, 0.6) is 0 Å². The summed E-state index contributed by atoms with van der Waals surface area (Å²) in [5.41, 5.74) is 6.26. The van der Waals surface area contributed by atoms with Crippen molar-refractivity contribution in [1.29, 1.82) is 0 Å². The van der Waals surface area contributed by atoms with Crippen molar-refractivity contribution in [2.24, 2.45) is 9.98 Å². The van der Waals surface area contributed by atoms with Gasteiger partial charge >= 0.3 is 0 Å². The lowest BCUT2D eigenvalue weighted by atomic mass is 10.0. The molecule has 0 aromatic heterocycles. The summed E-state index contributed by atoms with van der Waals surface area (Å²) in [6, 6.07) is 50.7. The maximum atomic E-state index is 5.07. The van der Waals surface area contributed by atoms with Crippen molar-refractivity contribution in [3.8, 4) is 0 Å². The molecule has 0 saturated heterocycles. The van der Waals surface area contributed by atoms with Crippen LogP contribution in [0.3, 0.4) is 0 Å². The fraction of sp³-hybridized carbons (Fsp3) is 0. The highest BCUT2D eigenvalue weighted by Gasteiger charge is 2.35. The van der Waals surface area contributed by atoms with Crippen LogP contribution in [0.4, 0.5) is 22.7 Å². The molecular weight excluding hydrogens is 512 g/mol. The van der Waals surface area contributed by atoms with Crippen LogP contribution in [-0.4, -0.2) is 11.7 Å². The Balaban J connectivity index is 1.24. The zero-order valence-electron chi connectivity index (χ0n) is 22.8. The second-order valence-corrected chi connectivity index (χ2v) is 10.3. The van der Waals surface area contributed by atoms with Crippen molar-refractivity contribution in [1.82, 2.24) is 0 Å². The summed E-state index contributed by atoms with van der Waals surface area (Å²) < 4.78 is 0. The van der Waals surface area contributed by atoms with Crippen LogP contribution in [0.2, 0.25) is 0 Å². The van der Waals surface area contributed by atoms with E-state index in [2.05, 4.69) is 143 Å². The molecule has 0 aliphatic carbocycles. The fourth-order valence-electron chi connectivity index (χ4n) is 5.95. The zero-order valence-corrected chi connectivity index (χ0v) is 22.8. The molecule has 0 unspecified atom stereocenters. The first-order valence-electron chi connectivity index (χ1n) is 14.1. The smallest absolute Gasteiger partial charge is 0.147 e. The van der Waals surface area contributed by atoms with Gasteiger partial charge in [0.05, 0.1) is 11.4 Å². The van der Waals surface area contributed by atoms with E-state index >= 15 is 0 Å². The Morgan fingerprint density at radius 2 is 0.738 bits per heavy atom. The van der Waals surface area contributed by atoms with Gasteiger partial charge < -0.3 is 0 Å². The van der Waals surface area contributed by atoms with Crippen LogP contribution in [-0.2, 0) is 0 Å². The van der Waals surface area contributed by atoms with Crippen LogP contribution < -0.4 is 9.80 Å². The highest BCUT2D eigenvalue weighted by atomic mass is 15.2. The normalized spacial score (nSPS) is 13.8. The number of hydrogen-bond acceptors (Lipinski definition) is 4. The Morgan fingerprint density at radius 1 is 0.357 bits per heavy atom. The molecule has 0 radical (unpaired) electrons. The van der Waals surface area contributed by atoms with Gasteiger partial charge in [-0.05, 0) is 47.2 Å². The lowest BCUT2D eigenvalue weighted by Gasteiger charge is -2.28. The zero-order chi connectivity index (χ0) is 27.9. The minimum Gasteiger partial charge on any atom is -0.294 e. The molecule has 8 rings (SSSR count). The third-order valence-electron chi connectivity index (χ3n) is 7.87. The summed E-state index contributed by atoms with van der Waals surface area (Å²) in [5.74, 6) is 1.72. The topological polar surface area (TPSA) is 31.2 Å². The molecule has 2 heterocycles. The van der Waals surface area contributed by atoms with Crippen molar-refractivity contribution >= 4 is 56.0 Å². The second kappa shape index (κ2) is 10.0. The van der Waals surface area contributed by atoms with Gasteiger partial charge in [-0.25, -0.2) is 9.98 Å². The maximum Gasteiger partial charge on any atom is 0.147 e. The number of rotatable bonds is 4. The molecule has 0 saturated carbocycles. The molecule has 0 fully saturated rings. The highest BCUT2D eigenvalue weighted by molar-refractivity contribution is 6.31. The van der Waals surface area contributed by atoms with E-state index in [4.69, 9.17) is 9.98 Å². The fourth-order valence-corrected chi connectivity index (χ4v) is 5.95. The van der Waals surface area contributed by atoms with Crippen LogP contribution in [0.25, 0.3) is 21.5 Å². The summed E-state index contributed by atoms with van der Waals surface area (Å²) in [5, 5.41) is 4.71. The molecule has 0 spiro atoms. The molecular formula is C38H26N4. The van der Waals surface area contributed by atoms with Gasteiger partial charge in [0, 0.05) is 45.7 Å². The summed E-state index contributed by atoms with van der Waals surface area (Å²) >= 11 is 0. The standard InChI is InChI=1S/C38H26N4/c1-3-17-29(18-4-1)41(35-23-11-15-27-13-7-9-21-31(27)35)37-33-25-40-38(34(33)26-39-37)42(30-19-5-2-6-20-30)36-24-12-16-28-14-8-10-22-32(28)36/h1-26H. The molecule has 4 heteroatoms. The number of amidine groups is 2. The number of benzene rings is 6. The van der Waals surface area contributed by atoms with Gasteiger partial charge in [-0.1, -0.05) is 109 Å². The maximum absolute atomic E-state index is 5.07. The summed E-state index contributed by atoms with van der Waals surface area (Å²) in [6.45, 7) is 0. The van der Waals surface area contributed by atoms with Gasteiger partial charge in [-0.15, -0.1) is 0 Å². The first kappa shape index (κ1) is 24.1.